The van der Waals surface area contributed by atoms with Gasteiger partial charge in [-0.1, -0.05) is 5.16 Å². The molecule has 1 aliphatic rings. The fourth-order valence-electron chi connectivity index (χ4n) is 1.16. The zero-order valence-corrected chi connectivity index (χ0v) is 8.51. The molecule has 0 spiro atoms. The first kappa shape index (κ1) is 8.75. The van der Waals surface area contributed by atoms with Crippen molar-refractivity contribution in [3.63, 3.8) is 0 Å². The Morgan fingerprint density at radius 3 is 3.00 bits per heavy atom. The van der Waals surface area contributed by atoms with Crippen molar-refractivity contribution in [3.05, 3.63) is 21.9 Å². The predicted octanol–water partition coefficient (Wildman–Crippen LogP) is 2.96. The lowest BCUT2D eigenvalue weighted by molar-refractivity contribution is 0.00702. The molecule has 0 N–H and O–H groups in total. The van der Waals surface area contributed by atoms with E-state index in [1.807, 2.05) is 6.21 Å². The highest BCUT2D eigenvalue weighted by Crippen LogP contribution is 2.22. The van der Waals surface area contributed by atoms with E-state index >= 15 is 0 Å². The summed E-state index contributed by atoms with van der Waals surface area (Å²) in [5.74, 6) is 0. The SMILES string of the molecule is Cc1ccsc1/C=N/OC1CCC1. The molecule has 0 saturated heterocycles. The number of hydrogen-bond acceptors (Lipinski definition) is 3. The van der Waals surface area contributed by atoms with Crippen molar-refractivity contribution in [2.75, 3.05) is 0 Å². The van der Waals surface area contributed by atoms with Crippen molar-refractivity contribution in [1.82, 2.24) is 0 Å². The van der Waals surface area contributed by atoms with Gasteiger partial charge in [0.15, 0.2) is 0 Å². The summed E-state index contributed by atoms with van der Waals surface area (Å²) in [5.41, 5.74) is 1.27. The van der Waals surface area contributed by atoms with Gasteiger partial charge in [-0.25, -0.2) is 0 Å². The van der Waals surface area contributed by atoms with Crippen molar-refractivity contribution in [2.45, 2.75) is 32.3 Å². The van der Waals surface area contributed by atoms with Gasteiger partial charge in [-0.05, 0) is 43.2 Å². The highest BCUT2D eigenvalue weighted by Gasteiger charge is 2.18. The summed E-state index contributed by atoms with van der Waals surface area (Å²) in [6.07, 6.45) is 5.83. The lowest BCUT2D eigenvalue weighted by Crippen LogP contribution is -2.18. The van der Waals surface area contributed by atoms with Crippen molar-refractivity contribution < 1.29 is 4.84 Å². The molecule has 13 heavy (non-hydrogen) atoms. The second-order valence-electron chi connectivity index (χ2n) is 3.36. The summed E-state index contributed by atoms with van der Waals surface area (Å²) >= 11 is 1.70. The molecule has 1 heterocycles. The zero-order valence-electron chi connectivity index (χ0n) is 7.69. The van der Waals surface area contributed by atoms with Crippen LogP contribution in [0.3, 0.4) is 0 Å². The van der Waals surface area contributed by atoms with Gasteiger partial charge in [0.2, 0.25) is 0 Å². The van der Waals surface area contributed by atoms with Gasteiger partial charge in [-0.3, -0.25) is 0 Å². The average Bonchev–Trinajstić information content (AvgIpc) is 2.42. The van der Waals surface area contributed by atoms with Gasteiger partial charge < -0.3 is 4.84 Å². The molecular formula is C10H13NOS. The van der Waals surface area contributed by atoms with Crippen LogP contribution < -0.4 is 0 Å². The van der Waals surface area contributed by atoms with Gasteiger partial charge in [0.1, 0.15) is 6.10 Å². The van der Waals surface area contributed by atoms with Gasteiger partial charge in [0.25, 0.3) is 0 Å². The quantitative estimate of drug-likeness (QED) is 0.536. The standard InChI is InChI=1S/C10H13NOS/c1-8-5-6-13-10(8)7-11-12-9-3-2-4-9/h5-7,9H,2-4H2,1H3/b11-7+. The Hall–Kier alpha value is -0.830. The maximum Gasteiger partial charge on any atom is 0.127 e. The van der Waals surface area contributed by atoms with Crippen LogP contribution in [0.15, 0.2) is 16.6 Å². The molecule has 70 valence electrons. The Morgan fingerprint density at radius 1 is 1.62 bits per heavy atom. The van der Waals surface area contributed by atoms with Crippen LogP contribution in [0, 0.1) is 6.92 Å². The monoisotopic (exact) mass is 195 g/mol. The first-order valence-electron chi connectivity index (χ1n) is 4.59. The number of aryl methyl sites for hydroxylation is 1. The van der Waals surface area contributed by atoms with E-state index in [-0.39, 0.29) is 0 Å². The lowest BCUT2D eigenvalue weighted by Gasteiger charge is -2.22. The van der Waals surface area contributed by atoms with E-state index in [1.165, 1.54) is 29.7 Å². The number of oxime groups is 1. The largest absolute Gasteiger partial charge is 0.392 e. The molecule has 0 aliphatic heterocycles. The van der Waals surface area contributed by atoms with Crippen LogP contribution in [0.4, 0.5) is 0 Å². The molecule has 1 aromatic rings. The minimum atomic E-state index is 0.386. The fraction of sp³-hybridized carbons (Fsp3) is 0.500. The first-order chi connectivity index (χ1) is 6.36. The summed E-state index contributed by atoms with van der Waals surface area (Å²) in [4.78, 5) is 6.48. The van der Waals surface area contributed by atoms with Crippen LogP contribution in [-0.4, -0.2) is 12.3 Å². The van der Waals surface area contributed by atoms with E-state index in [9.17, 15) is 0 Å². The van der Waals surface area contributed by atoms with Crippen molar-refractivity contribution >= 4 is 17.6 Å². The molecule has 0 amide bonds. The minimum absolute atomic E-state index is 0.386. The molecule has 2 nitrogen and oxygen atoms in total. The van der Waals surface area contributed by atoms with E-state index in [0.29, 0.717) is 6.10 Å². The highest BCUT2D eigenvalue weighted by molar-refractivity contribution is 7.11. The normalized spacial score (nSPS) is 17.6. The maximum absolute atomic E-state index is 5.28. The maximum atomic E-state index is 5.28. The molecule has 0 aromatic carbocycles. The molecule has 2 rings (SSSR count). The Morgan fingerprint density at radius 2 is 2.46 bits per heavy atom. The molecular weight excluding hydrogens is 182 g/mol. The van der Waals surface area contributed by atoms with Gasteiger partial charge in [-0.15, -0.1) is 11.3 Å². The summed E-state index contributed by atoms with van der Waals surface area (Å²) in [5, 5.41) is 6.05. The summed E-state index contributed by atoms with van der Waals surface area (Å²) in [7, 11) is 0. The first-order valence-corrected chi connectivity index (χ1v) is 5.47. The number of thiophene rings is 1. The van der Waals surface area contributed by atoms with Gasteiger partial charge in [0, 0.05) is 0 Å². The van der Waals surface area contributed by atoms with Crippen LogP contribution in [0.5, 0.6) is 0 Å². The zero-order chi connectivity index (χ0) is 9.10. The van der Waals surface area contributed by atoms with Crippen LogP contribution in [0.25, 0.3) is 0 Å². The van der Waals surface area contributed by atoms with E-state index in [1.54, 1.807) is 11.3 Å². The van der Waals surface area contributed by atoms with Crippen LogP contribution in [-0.2, 0) is 4.84 Å². The summed E-state index contributed by atoms with van der Waals surface area (Å²) in [6, 6.07) is 2.09. The molecule has 1 aromatic heterocycles. The molecule has 0 bridgehead atoms. The fourth-order valence-corrected chi connectivity index (χ4v) is 1.93. The second-order valence-corrected chi connectivity index (χ2v) is 4.31. The average molecular weight is 195 g/mol. The minimum Gasteiger partial charge on any atom is -0.392 e. The second kappa shape index (κ2) is 3.92. The van der Waals surface area contributed by atoms with E-state index in [0.717, 1.165) is 0 Å². The van der Waals surface area contributed by atoms with Crippen molar-refractivity contribution in [3.8, 4) is 0 Å². The topological polar surface area (TPSA) is 21.6 Å². The van der Waals surface area contributed by atoms with Crippen LogP contribution >= 0.6 is 11.3 Å². The van der Waals surface area contributed by atoms with Gasteiger partial charge in [0.05, 0.1) is 11.1 Å². The Bertz CT molecular complexity index is 302. The third-order valence-electron chi connectivity index (χ3n) is 2.33. The summed E-state index contributed by atoms with van der Waals surface area (Å²) in [6.45, 7) is 2.08. The molecule has 1 aliphatic carbocycles. The molecule has 0 unspecified atom stereocenters. The number of nitrogens with zero attached hydrogens (tertiary/aromatic N) is 1. The number of rotatable bonds is 3. The predicted molar refractivity (Wildman–Crippen MR) is 55.4 cm³/mol. The van der Waals surface area contributed by atoms with Gasteiger partial charge in [-0.2, -0.15) is 0 Å². The molecule has 3 heteroatoms. The van der Waals surface area contributed by atoms with E-state index < -0.39 is 0 Å². The third-order valence-corrected chi connectivity index (χ3v) is 3.29. The Balaban J connectivity index is 1.86. The van der Waals surface area contributed by atoms with Gasteiger partial charge >= 0.3 is 0 Å². The van der Waals surface area contributed by atoms with E-state index in [2.05, 4.69) is 23.5 Å². The molecule has 1 saturated carbocycles. The Labute approximate surface area is 82.2 Å². The van der Waals surface area contributed by atoms with Crippen LogP contribution in [0.2, 0.25) is 0 Å². The molecule has 0 atom stereocenters. The third kappa shape index (κ3) is 2.10. The molecule has 1 fully saturated rings. The summed E-state index contributed by atoms with van der Waals surface area (Å²) < 4.78 is 0. The van der Waals surface area contributed by atoms with Crippen molar-refractivity contribution in [1.29, 1.82) is 0 Å². The lowest BCUT2D eigenvalue weighted by atomic mass is 9.97. The Kier molecular flexibility index (Phi) is 2.64. The number of hydrogen-bond donors (Lipinski definition) is 0. The van der Waals surface area contributed by atoms with Crippen molar-refractivity contribution in [2.24, 2.45) is 5.16 Å². The smallest absolute Gasteiger partial charge is 0.127 e. The van der Waals surface area contributed by atoms with E-state index in [4.69, 9.17) is 4.84 Å². The van der Waals surface area contributed by atoms with Crippen LogP contribution in [0.1, 0.15) is 29.7 Å². The molecule has 0 radical (unpaired) electrons. The highest BCUT2D eigenvalue weighted by atomic mass is 32.1.